The third-order valence-corrected chi connectivity index (χ3v) is 8.57. The maximum Gasteiger partial charge on any atom is 0.287 e. The molecule has 22 heavy (non-hydrogen) atoms. The van der Waals surface area contributed by atoms with E-state index in [1.807, 2.05) is 6.92 Å². The zero-order chi connectivity index (χ0) is 16.4. The molecule has 2 atom stereocenters. The van der Waals surface area contributed by atoms with Crippen LogP contribution < -0.4 is 0 Å². The van der Waals surface area contributed by atoms with Crippen molar-refractivity contribution in [2.45, 2.75) is 42.3 Å². The molecule has 0 spiro atoms. The van der Waals surface area contributed by atoms with Gasteiger partial charge in [0.25, 0.3) is 10.0 Å². The van der Waals surface area contributed by atoms with E-state index in [-0.39, 0.29) is 10.8 Å². The van der Waals surface area contributed by atoms with Gasteiger partial charge in [0.2, 0.25) is 0 Å². The Kier molecular flexibility index (Phi) is 5.97. The second kappa shape index (κ2) is 7.20. The predicted octanol–water partition coefficient (Wildman–Crippen LogP) is 4.48. The number of alkyl halides is 2. The lowest BCUT2D eigenvalue weighted by Crippen LogP contribution is -2.10. The van der Waals surface area contributed by atoms with Crippen LogP contribution in [0, 0.1) is 12.8 Å². The topological polar surface area (TPSA) is 46.5 Å². The van der Waals surface area contributed by atoms with Crippen molar-refractivity contribution < 1.29 is 8.42 Å². The normalized spacial score (nSPS) is 21.7. The molecule has 1 aliphatic carbocycles. The molecule has 0 aliphatic heterocycles. The minimum atomic E-state index is -3.61. The van der Waals surface area contributed by atoms with Crippen LogP contribution in [0.25, 0.3) is 0 Å². The number of halogens is 2. The molecule has 0 saturated heterocycles. The van der Waals surface area contributed by atoms with E-state index in [1.165, 1.54) is 0 Å². The predicted molar refractivity (Wildman–Crippen MR) is 95.3 cm³/mol. The number of rotatable bonds is 7. The average molecular weight is 382 g/mol. The van der Waals surface area contributed by atoms with Crippen LogP contribution in [-0.2, 0) is 20.7 Å². The van der Waals surface area contributed by atoms with E-state index in [1.54, 1.807) is 24.3 Å². The molecule has 3 nitrogen and oxygen atoms in total. The highest BCUT2D eigenvalue weighted by Gasteiger charge is 2.51. The van der Waals surface area contributed by atoms with Crippen molar-refractivity contribution in [3.8, 4) is 0 Å². The van der Waals surface area contributed by atoms with Gasteiger partial charge >= 0.3 is 0 Å². The van der Waals surface area contributed by atoms with E-state index < -0.39 is 25.0 Å². The zero-order valence-corrected chi connectivity index (χ0v) is 15.9. The zero-order valence-electron chi connectivity index (χ0n) is 12.8. The summed E-state index contributed by atoms with van der Waals surface area (Å²) in [7, 11) is -4.16. The van der Waals surface area contributed by atoms with E-state index in [4.69, 9.17) is 23.2 Å². The van der Waals surface area contributed by atoms with Gasteiger partial charge in [-0.15, -0.1) is 27.0 Å². The first-order chi connectivity index (χ1) is 10.2. The summed E-state index contributed by atoms with van der Waals surface area (Å²) in [5, 5.41) is 0. The Balaban J connectivity index is 2.20. The summed E-state index contributed by atoms with van der Waals surface area (Å²) in [5.41, 5.74) is 1.02. The number of hydrogen-bond acceptors (Lipinski definition) is 2. The second-order valence-corrected chi connectivity index (χ2v) is 10.9. The van der Waals surface area contributed by atoms with Crippen molar-refractivity contribution in [2.24, 2.45) is 9.69 Å². The average Bonchev–Trinajstić information content (AvgIpc) is 3.03. The van der Waals surface area contributed by atoms with Crippen LogP contribution in [-0.4, -0.2) is 24.3 Å². The molecular weight excluding hydrogens is 361 g/mol. The van der Waals surface area contributed by atoms with Crippen LogP contribution in [0.5, 0.6) is 0 Å². The Bertz CT molecular complexity index is 655. The molecule has 1 fully saturated rings. The minimum absolute atomic E-state index is 0.160. The molecule has 1 aromatic carbocycles. The Labute approximate surface area is 145 Å². The molecule has 0 bridgehead atoms. The summed E-state index contributed by atoms with van der Waals surface area (Å²) >= 11 is 12.1. The van der Waals surface area contributed by atoms with Crippen molar-refractivity contribution in [3.05, 3.63) is 29.8 Å². The summed E-state index contributed by atoms with van der Waals surface area (Å²) in [6.07, 6.45) is 2.70. The van der Waals surface area contributed by atoms with Crippen LogP contribution in [0.4, 0.5) is 0 Å². The van der Waals surface area contributed by atoms with Gasteiger partial charge in [0.1, 0.15) is 4.33 Å². The number of nitrogens with zero attached hydrogens (tertiary/aromatic N) is 1. The van der Waals surface area contributed by atoms with Gasteiger partial charge in [-0.3, -0.25) is 0 Å². The van der Waals surface area contributed by atoms with Gasteiger partial charge in [0, 0.05) is 17.4 Å². The maximum atomic E-state index is 12.5. The van der Waals surface area contributed by atoms with Crippen LogP contribution in [0.2, 0.25) is 0 Å². The Morgan fingerprint density at radius 1 is 1.32 bits per heavy atom. The van der Waals surface area contributed by atoms with Crippen molar-refractivity contribution in [1.29, 1.82) is 0 Å². The maximum absolute atomic E-state index is 12.5. The lowest BCUT2D eigenvalue weighted by molar-refractivity contribution is 0.598. The van der Waals surface area contributed by atoms with Crippen LogP contribution in [0.3, 0.4) is 0 Å². The number of unbranched alkanes of at least 4 members (excludes halogenated alkanes) is 1. The Morgan fingerprint density at radius 2 is 1.91 bits per heavy atom. The molecule has 1 saturated carbocycles. The fourth-order valence-electron chi connectivity index (χ4n) is 2.04. The van der Waals surface area contributed by atoms with Crippen LogP contribution >= 0.6 is 23.2 Å². The summed E-state index contributed by atoms with van der Waals surface area (Å²) in [6.45, 7) is 4.01. The summed E-state index contributed by atoms with van der Waals surface area (Å²) in [6, 6.07) is 6.80. The standard InChI is InChI=1S/C15H21Cl2NO2S2/c1-3-4-9-21(11-13-10-15(13,16)17)18-22(19,20)14-7-5-12(2)6-8-14/h5-8,13H,3-4,9-11H2,1-2H3/t13-,21+/m1/s1. The molecule has 0 N–H and O–H groups in total. The molecule has 0 heterocycles. The lowest BCUT2D eigenvalue weighted by Gasteiger charge is -2.08. The van der Waals surface area contributed by atoms with E-state index in [9.17, 15) is 8.42 Å². The molecule has 0 amide bonds. The van der Waals surface area contributed by atoms with E-state index in [2.05, 4.69) is 10.7 Å². The van der Waals surface area contributed by atoms with Crippen molar-refractivity contribution in [2.75, 3.05) is 11.5 Å². The van der Waals surface area contributed by atoms with Crippen molar-refractivity contribution >= 4 is 43.9 Å². The molecule has 1 aromatic rings. The number of sulfonamides is 1. The third-order valence-electron chi connectivity index (χ3n) is 3.61. The molecule has 0 radical (unpaired) electrons. The van der Waals surface area contributed by atoms with Gasteiger partial charge in [-0.05, 0) is 31.9 Å². The second-order valence-electron chi connectivity index (χ2n) is 5.71. The third kappa shape index (κ3) is 4.95. The lowest BCUT2D eigenvalue weighted by atomic mass is 10.2. The van der Waals surface area contributed by atoms with Gasteiger partial charge in [0.05, 0.1) is 4.90 Å². The minimum Gasteiger partial charge on any atom is -0.199 e. The summed E-state index contributed by atoms with van der Waals surface area (Å²) in [5.74, 6) is 1.60. The largest absolute Gasteiger partial charge is 0.287 e. The summed E-state index contributed by atoms with van der Waals surface area (Å²) in [4.78, 5) is 0.255. The fourth-order valence-corrected chi connectivity index (χ4v) is 6.88. The van der Waals surface area contributed by atoms with Gasteiger partial charge in [-0.25, -0.2) is 0 Å². The molecule has 7 heteroatoms. The van der Waals surface area contributed by atoms with Crippen molar-refractivity contribution in [1.82, 2.24) is 0 Å². The van der Waals surface area contributed by atoms with E-state index in [0.717, 1.165) is 30.6 Å². The first-order valence-corrected chi connectivity index (χ1v) is 11.1. The molecular formula is C15H21Cl2NO2S2. The van der Waals surface area contributed by atoms with Gasteiger partial charge in [-0.2, -0.15) is 8.42 Å². The monoisotopic (exact) mass is 381 g/mol. The highest BCUT2D eigenvalue weighted by atomic mass is 35.5. The number of hydrogen-bond donors (Lipinski definition) is 0. The van der Waals surface area contributed by atoms with E-state index >= 15 is 0 Å². The molecule has 0 unspecified atom stereocenters. The van der Waals surface area contributed by atoms with Crippen LogP contribution in [0.1, 0.15) is 31.7 Å². The smallest absolute Gasteiger partial charge is 0.199 e. The highest BCUT2D eigenvalue weighted by Crippen LogP contribution is 2.53. The van der Waals surface area contributed by atoms with Crippen LogP contribution in [0.15, 0.2) is 32.9 Å². The first kappa shape index (κ1) is 18.2. The first-order valence-electron chi connectivity index (χ1n) is 7.35. The molecule has 0 aromatic heterocycles. The van der Waals surface area contributed by atoms with Crippen molar-refractivity contribution in [3.63, 3.8) is 0 Å². The Hall–Kier alpha value is -0.1000. The quantitative estimate of drug-likeness (QED) is 0.653. The molecule has 124 valence electrons. The van der Waals surface area contributed by atoms with Gasteiger partial charge in [0.15, 0.2) is 0 Å². The number of benzene rings is 1. The van der Waals surface area contributed by atoms with Gasteiger partial charge in [-0.1, -0.05) is 41.7 Å². The summed E-state index contributed by atoms with van der Waals surface area (Å²) < 4.78 is 28.4. The molecule has 1 aliphatic rings. The number of aryl methyl sites for hydroxylation is 1. The highest BCUT2D eigenvalue weighted by molar-refractivity contribution is 8.00. The SMILES string of the molecule is CCCC[S@@](C[C@H]1CC1(Cl)Cl)=NS(=O)(=O)c1ccc(C)cc1. The fraction of sp³-hybridized carbons (Fsp3) is 0.600. The molecule has 2 rings (SSSR count). The van der Waals surface area contributed by atoms with Gasteiger partial charge < -0.3 is 0 Å². The Morgan fingerprint density at radius 3 is 2.41 bits per heavy atom. The van der Waals surface area contributed by atoms with E-state index in [0.29, 0.717) is 5.75 Å².